The van der Waals surface area contributed by atoms with E-state index in [-0.39, 0.29) is 11.8 Å². The first-order chi connectivity index (χ1) is 14.5. The van der Waals surface area contributed by atoms with Gasteiger partial charge in [-0.15, -0.1) is 0 Å². The fourth-order valence-corrected chi connectivity index (χ4v) is 3.52. The van der Waals surface area contributed by atoms with Crippen molar-refractivity contribution in [3.63, 3.8) is 0 Å². The van der Waals surface area contributed by atoms with Crippen LogP contribution in [-0.4, -0.2) is 64.8 Å². The largest absolute Gasteiger partial charge is 0.383 e. The Hall–Kier alpha value is -3.52. The maximum atomic E-state index is 12.7. The van der Waals surface area contributed by atoms with Crippen molar-refractivity contribution < 1.29 is 9.59 Å². The van der Waals surface area contributed by atoms with Crippen LogP contribution >= 0.6 is 0 Å². The highest BCUT2D eigenvalue weighted by Crippen LogP contribution is 2.19. The predicted molar refractivity (Wildman–Crippen MR) is 116 cm³/mol. The van der Waals surface area contributed by atoms with Crippen LogP contribution in [-0.2, 0) is 11.2 Å². The highest BCUT2D eigenvalue weighted by atomic mass is 16.2. The van der Waals surface area contributed by atoms with E-state index in [0.717, 1.165) is 31.7 Å². The Morgan fingerprint density at radius 3 is 2.67 bits per heavy atom. The Morgan fingerprint density at radius 2 is 1.87 bits per heavy atom. The molecule has 30 heavy (non-hydrogen) atoms. The number of amides is 2. The molecule has 0 atom stereocenters. The highest BCUT2D eigenvalue weighted by Gasteiger charge is 2.19. The van der Waals surface area contributed by atoms with Crippen molar-refractivity contribution >= 4 is 34.2 Å². The van der Waals surface area contributed by atoms with E-state index in [0.29, 0.717) is 34.4 Å². The van der Waals surface area contributed by atoms with Gasteiger partial charge in [0, 0.05) is 42.8 Å². The Bertz CT molecular complexity index is 1090. The van der Waals surface area contributed by atoms with Crippen LogP contribution in [0.3, 0.4) is 0 Å². The number of piperazine rings is 1. The second-order valence-corrected chi connectivity index (χ2v) is 7.51. The Balaban J connectivity index is 1.44. The number of carbonyl (C=O) groups excluding carboxylic acids is 2. The number of nitrogens with zero attached hydrogens (tertiary/aromatic N) is 4. The van der Waals surface area contributed by atoms with Gasteiger partial charge in [-0.05, 0) is 42.9 Å². The molecule has 0 bridgehead atoms. The quantitative estimate of drug-likeness (QED) is 0.687. The molecule has 154 valence electrons. The van der Waals surface area contributed by atoms with Crippen molar-refractivity contribution in [3.8, 4) is 0 Å². The van der Waals surface area contributed by atoms with Crippen molar-refractivity contribution in [2.75, 3.05) is 44.3 Å². The number of likely N-dealkylation sites (N-methyl/N-ethyl adjacent to an activating group) is 1. The van der Waals surface area contributed by atoms with Gasteiger partial charge in [-0.25, -0.2) is 9.97 Å². The third-order valence-electron chi connectivity index (χ3n) is 5.33. The van der Waals surface area contributed by atoms with Crippen LogP contribution in [0.4, 0.5) is 11.5 Å². The number of nitrogens with one attached hydrogen (secondary N) is 1. The molecule has 2 aromatic carbocycles. The van der Waals surface area contributed by atoms with Gasteiger partial charge in [-0.3, -0.25) is 9.59 Å². The molecule has 8 nitrogen and oxygen atoms in total. The molecule has 2 amide bonds. The highest BCUT2D eigenvalue weighted by molar-refractivity contribution is 6.06. The summed E-state index contributed by atoms with van der Waals surface area (Å²) in [6.07, 6.45) is 1.69. The van der Waals surface area contributed by atoms with Crippen molar-refractivity contribution in [2.24, 2.45) is 0 Å². The fourth-order valence-electron chi connectivity index (χ4n) is 3.52. The number of hydrogen-bond acceptors (Lipinski definition) is 6. The summed E-state index contributed by atoms with van der Waals surface area (Å²) in [5.41, 5.74) is 8.44. The first-order valence-corrected chi connectivity index (χ1v) is 9.86. The second-order valence-electron chi connectivity index (χ2n) is 7.51. The standard InChI is InChI=1S/C22H24N6O2/c1-27-7-9-28(10-8-27)20(29)12-15-3-2-4-17(11-15)26-22(30)16-5-6-18-19(13-16)24-14-25-21(18)23/h2-6,11,13-14H,7-10,12H2,1H3,(H,26,30)(H2,23,24,25). The molecule has 1 fully saturated rings. The third-order valence-corrected chi connectivity index (χ3v) is 5.33. The third kappa shape index (κ3) is 4.38. The van der Waals surface area contributed by atoms with E-state index < -0.39 is 0 Å². The number of nitrogen functional groups attached to an aromatic ring is 1. The summed E-state index contributed by atoms with van der Waals surface area (Å²) in [5, 5.41) is 3.60. The summed E-state index contributed by atoms with van der Waals surface area (Å²) < 4.78 is 0. The zero-order valence-electron chi connectivity index (χ0n) is 16.8. The monoisotopic (exact) mass is 404 g/mol. The molecular weight excluding hydrogens is 380 g/mol. The van der Waals surface area contributed by atoms with Gasteiger partial charge in [0.25, 0.3) is 5.91 Å². The predicted octanol–water partition coefficient (Wildman–Crippen LogP) is 1.78. The summed E-state index contributed by atoms with van der Waals surface area (Å²) in [6, 6.07) is 12.5. The van der Waals surface area contributed by atoms with E-state index in [4.69, 9.17) is 5.73 Å². The molecule has 0 spiro atoms. The van der Waals surface area contributed by atoms with Crippen molar-refractivity contribution in [3.05, 3.63) is 59.9 Å². The lowest BCUT2D eigenvalue weighted by molar-refractivity contribution is -0.132. The number of rotatable bonds is 4. The lowest BCUT2D eigenvalue weighted by atomic mass is 10.1. The number of benzene rings is 2. The van der Waals surface area contributed by atoms with E-state index in [2.05, 4.69) is 27.2 Å². The summed E-state index contributed by atoms with van der Waals surface area (Å²) in [4.78, 5) is 37.5. The number of hydrogen-bond donors (Lipinski definition) is 2. The van der Waals surface area contributed by atoms with Gasteiger partial charge in [0.05, 0.1) is 11.9 Å². The maximum absolute atomic E-state index is 12.7. The smallest absolute Gasteiger partial charge is 0.255 e. The Morgan fingerprint density at radius 1 is 1.07 bits per heavy atom. The van der Waals surface area contributed by atoms with E-state index in [1.54, 1.807) is 18.2 Å². The molecule has 0 unspecified atom stereocenters. The minimum Gasteiger partial charge on any atom is -0.383 e. The van der Waals surface area contributed by atoms with Crippen LogP contribution in [0.2, 0.25) is 0 Å². The minimum atomic E-state index is -0.253. The molecule has 0 radical (unpaired) electrons. The van der Waals surface area contributed by atoms with Crippen LogP contribution in [0, 0.1) is 0 Å². The Kier molecular flexibility index (Phi) is 5.58. The lowest BCUT2D eigenvalue weighted by Gasteiger charge is -2.32. The second kappa shape index (κ2) is 8.46. The van der Waals surface area contributed by atoms with Crippen molar-refractivity contribution in [1.82, 2.24) is 19.8 Å². The average Bonchev–Trinajstić information content (AvgIpc) is 2.74. The van der Waals surface area contributed by atoms with E-state index >= 15 is 0 Å². The Labute approximate surface area is 174 Å². The van der Waals surface area contributed by atoms with Crippen molar-refractivity contribution in [1.29, 1.82) is 0 Å². The number of carbonyl (C=O) groups is 2. The van der Waals surface area contributed by atoms with Gasteiger partial charge >= 0.3 is 0 Å². The number of fused-ring (bicyclic) bond motifs is 1. The van der Waals surface area contributed by atoms with Crippen LogP contribution in [0.5, 0.6) is 0 Å². The molecule has 1 saturated heterocycles. The molecule has 3 aromatic rings. The van der Waals surface area contributed by atoms with E-state index in [1.807, 2.05) is 29.2 Å². The molecule has 0 saturated carbocycles. The van der Waals surface area contributed by atoms with Gasteiger partial charge in [-0.2, -0.15) is 0 Å². The molecule has 1 aromatic heterocycles. The van der Waals surface area contributed by atoms with Crippen LogP contribution in [0.15, 0.2) is 48.8 Å². The number of nitrogens with two attached hydrogens (primary N) is 1. The summed E-state index contributed by atoms with van der Waals surface area (Å²) in [5.74, 6) is 0.236. The zero-order chi connectivity index (χ0) is 21.1. The van der Waals surface area contributed by atoms with E-state index in [1.165, 1.54) is 6.33 Å². The summed E-state index contributed by atoms with van der Waals surface area (Å²) >= 11 is 0. The van der Waals surface area contributed by atoms with Crippen molar-refractivity contribution in [2.45, 2.75) is 6.42 Å². The van der Waals surface area contributed by atoms with Gasteiger partial charge in [0.15, 0.2) is 0 Å². The van der Waals surface area contributed by atoms with Crippen LogP contribution in [0.25, 0.3) is 10.9 Å². The molecule has 2 heterocycles. The van der Waals surface area contributed by atoms with Gasteiger partial charge < -0.3 is 20.9 Å². The number of aromatic nitrogens is 2. The lowest BCUT2D eigenvalue weighted by Crippen LogP contribution is -2.47. The molecule has 1 aliphatic rings. The first kappa shape index (κ1) is 19.8. The van der Waals surface area contributed by atoms with E-state index in [9.17, 15) is 9.59 Å². The molecular formula is C22H24N6O2. The topological polar surface area (TPSA) is 104 Å². The van der Waals surface area contributed by atoms with Crippen LogP contribution in [0.1, 0.15) is 15.9 Å². The molecule has 1 aliphatic heterocycles. The molecule has 0 aliphatic carbocycles. The number of anilines is 2. The first-order valence-electron chi connectivity index (χ1n) is 9.86. The molecule has 3 N–H and O–H groups in total. The zero-order valence-corrected chi connectivity index (χ0v) is 16.8. The average molecular weight is 404 g/mol. The SMILES string of the molecule is CN1CCN(C(=O)Cc2cccc(NC(=O)c3ccc4c(N)ncnc4c3)c2)CC1. The minimum absolute atomic E-state index is 0.110. The maximum Gasteiger partial charge on any atom is 0.255 e. The normalized spacial score (nSPS) is 14.6. The van der Waals surface area contributed by atoms with Gasteiger partial charge in [-0.1, -0.05) is 12.1 Å². The summed E-state index contributed by atoms with van der Waals surface area (Å²) in [7, 11) is 2.06. The van der Waals surface area contributed by atoms with Gasteiger partial charge in [0.1, 0.15) is 12.1 Å². The van der Waals surface area contributed by atoms with Gasteiger partial charge in [0.2, 0.25) is 5.91 Å². The molecule has 4 rings (SSSR count). The van der Waals surface area contributed by atoms with Crippen LogP contribution < -0.4 is 11.1 Å². The fraction of sp³-hybridized carbons (Fsp3) is 0.273. The summed E-state index contributed by atoms with van der Waals surface area (Å²) in [6.45, 7) is 3.29. The molecule has 8 heteroatoms.